The van der Waals surface area contributed by atoms with Crippen LogP contribution < -0.4 is 10.6 Å². The largest absolute Gasteiger partial charge is 0.325 e. The lowest BCUT2D eigenvalue weighted by Gasteiger charge is -2.07. The van der Waals surface area contributed by atoms with E-state index in [1.54, 1.807) is 26.0 Å². The first-order valence-corrected chi connectivity index (χ1v) is 11.8. The number of rotatable bonds is 8. The van der Waals surface area contributed by atoms with Crippen LogP contribution in [-0.2, 0) is 9.59 Å². The van der Waals surface area contributed by atoms with E-state index in [0.717, 1.165) is 11.1 Å². The molecule has 3 aromatic rings. The summed E-state index contributed by atoms with van der Waals surface area (Å²) in [5.41, 5.74) is 2.39. The molecule has 162 valence electrons. The van der Waals surface area contributed by atoms with Gasteiger partial charge in [-0.1, -0.05) is 47.0 Å². The average molecular weight is 481 g/mol. The van der Waals surface area contributed by atoms with Crippen LogP contribution in [0.15, 0.2) is 45.1 Å². The molecule has 0 atom stereocenters. The zero-order valence-corrected chi connectivity index (χ0v) is 19.0. The van der Waals surface area contributed by atoms with E-state index in [9.17, 15) is 18.4 Å². The molecule has 3 rings (SSSR count). The van der Waals surface area contributed by atoms with Crippen LogP contribution in [0, 0.1) is 25.5 Å². The molecule has 1 heterocycles. The third kappa shape index (κ3) is 7.01. The monoisotopic (exact) mass is 480 g/mol. The second kappa shape index (κ2) is 10.7. The summed E-state index contributed by atoms with van der Waals surface area (Å²) in [5, 5.41) is 13.4. The molecule has 0 radical (unpaired) electrons. The van der Waals surface area contributed by atoms with Gasteiger partial charge in [-0.2, -0.15) is 0 Å². The fraction of sp³-hybridized carbons (Fsp3) is 0.200. The predicted octanol–water partition coefficient (Wildman–Crippen LogP) is 4.89. The molecule has 0 saturated carbocycles. The summed E-state index contributed by atoms with van der Waals surface area (Å²) in [4.78, 5) is 24.2. The Balaban J connectivity index is 1.45. The van der Waals surface area contributed by atoms with E-state index in [4.69, 9.17) is 0 Å². The van der Waals surface area contributed by atoms with Crippen molar-refractivity contribution in [1.82, 2.24) is 10.2 Å². The molecule has 0 fully saturated rings. The Morgan fingerprint density at radius 2 is 1.26 bits per heavy atom. The lowest BCUT2D eigenvalue weighted by molar-refractivity contribution is -0.114. The number of carbonyl (C=O) groups excluding carboxylic acids is 2. The van der Waals surface area contributed by atoms with Gasteiger partial charge >= 0.3 is 0 Å². The number of halogens is 2. The van der Waals surface area contributed by atoms with Gasteiger partial charge in [-0.05, 0) is 49.2 Å². The summed E-state index contributed by atoms with van der Waals surface area (Å²) in [6.07, 6.45) is 0. The van der Waals surface area contributed by atoms with E-state index in [0.29, 0.717) is 20.1 Å². The van der Waals surface area contributed by atoms with E-state index in [1.807, 2.05) is 0 Å². The number of amides is 2. The smallest absolute Gasteiger partial charge is 0.234 e. The van der Waals surface area contributed by atoms with Gasteiger partial charge < -0.3 is 10.6 Å². The number of aromatic nitrogens is 2. The highest BCUT2D eigenvalue weighted by Gasteiger charge is 2.12. The standard InChI is InChI=1S/C20H18F2N4O2S3/c1-11-3-5-13(21)7-15(11)23-17(27)9-29-19-25-26-20(31-19)30-10-18(28)24-16-8-14(22)6-4-12(16)2/h3-8H,9-10H2,1-2H3,(H,23,27)(H,24,28). The number of nitrogens with zero attached hydrogens (tertiary/aromatic N) is 2. The predicted molar refractivity (Wildman–Crippen MR) is 121 cm³/mol. The van der Waals surface area contributed by atoms with Gasteiger partial charge in [0.25, 0.3) is 0 Å². The summed E-state index contributed by atoms with van der Waals surface area (Å²) in [7, 11) is 0. The molecule has 0 aliphatic rings. The number of nitrogens with one attached hydrogen (secondary N) is 2. The highest BCUT2D eigenvalue weighted by Crippen LogP contribution is 2.29. The highest BCUT2D eigenvalue weighted by molar-refractivity contribution is 8.03. The summed E-state index contributed by atoms with van der Waals surface area (Å²) in [5.74, 6) is -1.23. The molecule has 0 bridgehead atoms. The quantitative estimate of drug-likeness (QED) is 0.447. The van der Waals surface area contributed by atoms with Crippen LogP contribution in [0.5, 0.6) is 0 Å². The van der Waals surface area contributed by atoms with Crippen LogP contribution in [0.3, 0.4) is 0 Å². The summed E-state index contributed by atoms with van der Waals surface area (Å²) >= 11 is 3.67. The maximum atomic E-state index is 13.3. The van der Waals surface area contributed by atoms with Gasteiger partial charge in [0.2, 0.25) is 11.8 Å². The van der Waals surface area contributed by atoms with Crippen LogP contribution in [0.4, 0.5) is 20.2 Å². The van der Waals surface area contributed by atoms with E-state index < -0.39 is 11.6 Å². The van der Waals surface area contributed by atoms with Gasteiger partial charge in [0.1, 0.15) is 11.6 Å². The van der Waals surface area contributed by atoms with Crippen LogP contribution in [0.1, 0.15) is 11.1 Å². The molecule has 1 aromatic heterocycles. The Morgan fingerprint density at radius 1 is 0.839 bits per heavy atom. The number of benzene rings is 2. The maximum absolute atomic E-state index is 13.3. The zero-order valence-electron chi connectivity index (χ0n) is 16.6. The van der Waals surface area contributed by atoms with Crippen LogP contribution in [0.2, 0.25) is 0 Å². The molecule has 6 nitrogen and oxygen atoms in total. The number of aryl methyl sites for hydroxylation is 2. The van der Waals surface area contributed by atoms with Gasteiger partial charge in [-0.25, -0.2) is 8.78 Å². The minimum Gasteiger partial charge on any atom is -0.325 e. The van der Waals surface area contributed by atoms with E-state index in [-0.39, 0.29) is 23.3 Å². The normalized spacial score (nSPS) is 10.7. The molecule has 2 amide bonds. The lowest BCUT2D eigenvalue weighted by atomic mass is 10.2. The van der Waals surface area contributed by atoms with Gasteiger partial charge in [0.15, 0.2) is 8.68 Å². The molecule has 2 aromatic carbocycles. The van der Waals surface area contributed by atoms with E-state index in [2.05, 4.69) is 20.8 Å². The molecular formula is C20H18F2N4O2S3. The molecule has 0 spiro atoms. The number of hydrogen-bond donors (Lipinski definition) is 2. The first-order chi connectivity index (χ1) is 14.8. The Morgan fingerprint density at radius 3 is 1.68 bits per heavy atom. The van der Waals surface area contributed by atoms with Gasteiger partial charge in [0, 0.05) is 11.4 Å². The highest BCUT2D eigenvalue weighted by atomic mass is 32.2. The van der Waals surface area contributed by atoms with Crippen molar-refractivity contribution in [3.63, 3.8) is 0 Å². The molecule has 0 aliphatic carbocycles. The van der Waals surface area contributed by atoms with Crippen molar-refractivity contribution in [1.29, 1.82) is 0 Å². The Labute approximate surface area is 190 Å². The van der Waals surface area contributed by atoms with Crippen molar-refractivity contribution in [3.05, 3.63) is 59.2 Å². The first kappa shape index (κ1) is 23.2. The fourth-order valence-corrected chi connectivity index (χ4v) is 5.02. The molecule has 0 aliphatic heterocycles. The molecule has 0 saturated heterocycles. The number of hydrogen-bond acceptors (Lipinski definition) is 7. The van der Waals surface area contributed by atoms with E-state index >= 15 is 0 Å². The number of thioether (sulfide) groups is 2. The molecule has 31 heavy (non-hydrogen) atoms. The third-order valence-corrected chi connectivity index (χ3v) is 7.18. The Hall–Kier alpha value is -2.50. The molecular weight excluding hydrogens is 462 g/mol. The van der Waals surface area contributed by atoms with Crippen LogP contribution in [-0.4, -0.2) is 33.5 Å². The number of carbonyl (C=O) groups is 2. The molecule has 2 N–H and O–H groups in total. The molecule has 11 heteroatoms. The van der Waals surface area contributed by atoms with Crippen molar-refractivity contribution >= 4 is 58.0 Å². The van der Waals surface area contributed by atoms with Crippen molar-refractivity contribution < 1.29 is 18.4 Å². The minimum atomic E-state index is -0.420. The van der Waals surface area contributed by atoms with E-state index in [1.165, 1.54) is 59.1 Å². The summed E-state index contributed by atoms with van der Waals surface area (Å²) in [6, 6.07) is 8.40. The topological polar surface area (TPSA) is 84.0 Å². The van der Waals surface area contributed by atoms with Crippen molar-refractivity contribution in [2.75, 3.05) is 22.1 Å². The van der Waals surface area contributed by atoms with Gasteiger partial charge in [-0.3, -0.25) is 9.59 Å². The van der Waals surface area contributed by atoms with Crippen LogP contribution >= 0.6 is 34.9 Å². The third-order valence-electron chi connectivity index (χ3n) is 3.99. The first-order valence-electron chi connectivity index (χ1n) is 9.01. The van der Waals surface area contributed by atoms with Gasteiger partial charge in [-0.15, -0.1) is 10.2 Å². The Kier molecular flexibility index (Phi) is 7.99. The van der Waals surface area contributed by atoms with Crippen molar-refractivity contribution in [2.45, 2.75) is 22.5 Å². The zero-order chi connectivity index (χ0) is 22.4. The second-order valence-corrected chi connectivity index (χ2v) is 9.85. The lowest BCUT2D eigenvalue weighted by Crippen LogP contribution is -2.15. The minimum absolute atomic E-state index is 0.0919. The van der Waals surface area contributed by atoms with Gasteiger partial charge in [0.05, 0.1) is 11.5 Å². The maximum Gasteiger partial charge on any atom is 0.234 e. The summed E-state index contributed by atoms with van der Waals surface area (Å²) < 4.78 is 27.8. The SMILES string of the molecule is Cc1ccc(F)cc1NC(=O)CSc1nnc(SCC(=O)Nc2cc(F)ccc2C)s1. The number of anilines is 2. The average Bonchev–Trinajstić information content (AvgIpc) is 3.18. The molecule has 0 unspecified atom stereocenters. The Bertz CT molecular complexity index is 1020. The summed E-state index contributed by atoms with van der Waals surface area (Å²) in [6.45, 7) is 3.56. The van der Waals surface area contributed by atoms with Crippen molar-refractivity contribution in [3.8, 4) is 0 Å². The second-order valence-electron chi connectivity index (χ2n) is 6.43. The van der Waals surface area contributed by atoms with Crippen LogP contribution in [0.25, 0.3) is 0 Å². The fourth-order valence-electron chi connectivity index (χ4n) is 2.40. The van der Waals surface area contributed by atoms with Crippen molar-refractivity contribution in [2.24, 2.45) is 0 Å².